The van der Waals surface area contributed by atoms with Gasteiger partial charge in [0.05, 0.1) is 11.8 Å². The first-order chi connectivity index (χ1) is 11.3. The Kier molecular flexibility index (Phi) is 4.72. The predicted octanol–water partition coefficient (Wildman–Crippen LogP) is 3.28. The highest BCUT2D eigenvalue weighted by molar-refractivity contribution is 5.93. The number of nitriles is 1. The van der Waals surface area contributed by atoms with E-state index in [2.05, 4.69) is 21.6 Å². The van der Waals surface area contributed by atoms with Crippen molar-refractivity contribution in [2.75, 3.05) is 0 Å². The van der Waals surface area contributed by atoms with Gasteiger partial charge >= 0.3 is 0 Å². The molecule has 5 heteroatoms. The second-order valence-electron chi connectivity index (χ2n) is 6.01. The lowest BCUT2D eigenvalue weighted by molar-refractivity contribution is 0.0924. The smallest absolute Gasteiger partial charge is 0.270 e. The molecule has 3 rings (SSSR count). The van der Waals surface area contributed by atoms with Crippen molar-refractivity contribution in [1.29, 1.82) is 5.26 Å². The van der Waals surface area contributed by atoms with Gasteiger partial charge in [-0.2, -0.15) is 10.4 Å². The Morgan fingerprint density at radius 2 is 2.00 bits per heavy atom. The molecule has 23 heavy (non-hydrogen) atoms. The quantitative estimate of drug-likeness (QED) is 0.909. The Morgan fingerprint density at radius 3 is 2.70 bits per heavy atom. The topological polar surface area (TPSA) is 81.6 Å². The fraction of sp³-hybridized carbons (Fsp3) is 0.389. The van der Waals surface area contributed by atoms with E-state index in [-0.39, 0.29) is 11.8 Å². The number of carbonyl (C=O) groups is 1. The molecule has 5 nitrogen and oxygen atoms in total. The van der Waals surface area contributed by atoms with Crippen LogP contribution in [0.2, 0.25) is 0 Å². The molecule has 1 aromatic heterocycles. The molecular weight excluding hydrogens is 288 g/mol. The molecule has 1 amide bonds. The highest BCUT2D eigenvalue weighted by atomic mass is 16.2. The second kappa shape index (κ2) is 7.10. The van der Waals surface area contributed by atoms with Crippen molar-refractivity contribution in [3.63, 3.8) is 0 Å². The van der Waals surface area contributed by atoms with Crippen molar-refractivity contribution in [1.82, 2.24) is 15.5 Å². The minimum absolute atomic E-state index is 0.259. The molecule has 1 aliphatic carbocycles. The number of nitrogens with one attached hydrogen (secondary N) is 2. The first-order valence-corrected chi connectivity index (χ1v) is 8.09. The number of amides is 1. The molecule has 2 N–H and O–H groups in total. The van der Waals surface area contributed by atoms with Gasteiger partial charge in [-0.1, -0.05) is 49.6 Å². The molecule has 0 saturated heterocycles. The summed E-state index contributed by atoms with van der Waals surface area (Å²) in [6.45, 7) is 0. The monoisotopic (exact) mass is 308 g/mol. The standard InChI is InChI=1S/C18H20N4O/c19-12-17(14-9-5-2-6-10-14)20-18(23)16-11-15(21-22-16)13-7-3-1-4-8-13/h1,3-4,7-8,11,14,17H,2,5-6,9-10H2,(H,20,23)(H,21,22). The molecule has 1 saturated carbocycles. The first-order valence-electron chi connectivity index (χ1n) is 8.09. The van der Waals surface area contributed by atoms with Crippen LogP contribution in [-0.2, 0) is 0 Å². The number of hydrogen-bond donors (Lipinski definition) is 2. The van der Waals surface area contributed by atoms with Crippen LogP contribution in [0.1, 0.15) is 42.6 Å². The first kappa shape index (κ1) is 15.3. The molecule has 0 bridgehead atoms. The Bertz CT molecular complexity index is 695. The summed E-state index contributed by atoms with van der Waals surface area (Å²) in [5, 5.41) is 19.2. The van der Waals surface area contributed by atoms with Gasteiger partial charge in [-0.25, -0.2) is 0 Å². The Labute approximate surface area is 135 Å². The molecule has 1 heterocycles. The maximum atomic E-state index is 12.4. The molecule has 0 aliphatic heterocycles. The number of aromatic nitrogens is 2. The zero-order chi connectivity index (χ0) is 16.1. The summed E-state index contributed by atoms with van der Waals surface area (Å²) in [4.78, 5) is 12.4. The van der Waals surface area contributed by atoms with Crippen molar-refractivity contribution in [3.8, 4) is 17.3 Å². The fourth-order valence-electron chi connectivity index (χ4n) is 3.14. The van der Waals surface area contributed by atoms with Crippen molar-refractivity contribution >= 4 is 5.91 Å². The third-order valence-corrected chi connectivity index (χ3v) is 4.44. The number of carbonyl (C=O) groups excluding carboxylic acids is 1. The van der Waals surface area contributed by atoms with E-state index in [0.717, 1.165) is 36.9 Å². The van der Waals surface area contributed by atoms with Gasteiger partial charge in [0.2, 0.25) is 0 Å². The van der Waals surface area contributed by atoms with Crippen LogP contribution in [0.5, 0.6) is 0 Å². The Morgan fingerprint density at radius 1 is 1.26 bits per heavy atom. The lowest BCUT2D eigenvalue weighted by atomic mass is 9.84. The normalized spacial score (nSPS) is 16.5. The Balaban J connectivity index is 1.68. The van der Waals surface area contributed by atoms with E-state index in [1.165, 1.54) is 6.42 Å². The number of benzene rings is 1. The molecule has 1 aromatic carbocycles. The second-order valence-corrected chi connectivity index (χ2v) is 6.01. The van der Waals surface area contributed by atoms with E-state index in [1.54, 1.807) is 6.07 Å². The fourth-order valence-corrected chi connectivity index (χ4v) is 3.14. The number of hydrogen-bond acceptors (Lipinski definition) is 3. The van der Waals surface area contributed by atoms with Crippen molar-refractivity contribution in [2.24, 2.45) is 5.92 Å². The van der Waals surface area contributed by atoms with Crippen molar-refractivity contribution in [2.45, 2.75) is 38.1 Å². The summed E-state index contributed by atoms with van der Waals surface area (Å²) in [7, 11) is 0. The molecule has 1 aliphatic rings. The van der Waals surface area contributed by atoms with E-state index in [4.69, 9.17) is 0 Å². The van der Waals surface area contributed by atoms with Crippen LogP contribution in [0.25, 0.3) is 11.3 Å². The van der Waals surface area contributed by atoms with Gasteiger partial charge in [-0.05, 0) is 24.8 Å². The van der Waals surface area contributed by atoms with Gasteiger partial charge in [-0.3, -0.25) is 9.89 Å². The van der Waals surface area contributed by atoms with Gasteiger partial charge < -0.3 is 5.32 Å². The summed E-state index contributed by atoms with van der Waals surface area (Å²) < 4.78 is 0. The molecule has 118 valence electrons. The number of rotatable bonds is 4. The summed E-state index contributed by atoms with van der Waals surface area (Å²) in [5.41, 5.74) is 2.06. The van der Waals surface area contributed by atoms with Crippen LogP contribution in [0.15, 0.2) is 36.4 Å². The average molecular weight is 308 g/mol. The van der Waals surface area contributed by atoms with E-state index in [1.807, 2.05) is 30.3 Å². The zero-order valence-corrected chi connectivity index (χ0v) is 13.0. The lowest BCUT2D eigenvalue weighted by Gasteiger charge is -2.26. The number of nitrogens with zero attached hydrogens (tertiary/aromatic N) is 2. The van der Waals surface area contributed by atoms with E-state index in [9.17, 15) is 10.1 Å². The predicted molar refractivity (Wildman–Crippen MR) is 87.5 cm³/mol. The van der Waals surface area contributed by atoms with Gasteiger partial charge in [0.25, 0.3) is 5.91 Å². The molecule has 2 aromatic rings. The maximum Gasteiger partial charge on any atom is 0.270 e. The summed E-state index contributed by atoms with van der Waals surface area (Å²) in [6, 6.07) is 13.2. The minimum Gasteiger partial charge on any atom is -0.335 e. The highest BCUT2D eigenvalue weighted by Crippen LogP contribution is 2.26. The lowest BCUT2D eigenvalue weighted by Crippen LogP contribution is -2.40. The van der Waals surface area contributed by atoms with Gasteiger partial charge in [0.15, 0.2) is 0 Å². The van der Waals surface area contributed by atoms with Crippen LogP contribution in [0.3, 0.4) is 0 Å². The van der Waals surface area contributed by atoms with Crippen molar-refractivity contribution < 1.29 is 4.79 Å². The minimum atomic E-state index is -0.425. The summed E-state index contributed by atoms with van der Waals surface area (Å²) in [5.74, 6) is -0.00832. The van der Waals surface area contributed by atoms with Gasteiger partial charge in [-0.15, -0.1) is 0 Å². The molecule has 0 radical (unpaired) electrons. The Hall–Kier alpha value is -2.61. The van der Waals surface area contributed by atoms with Crippen molar-refractivity contribution in [3.05, 3.63) is 42.1 Å². The molecule has 1 atom stereocenters. The average Bonchev–Trinajstić information content (AvgIpc) is 3.11. The van der Waals surface area contributed by atoms with Crippen LogP contribution in [-0.4, -0.2) is 22.1 Å². The largest absolute Gasteiger partial charge is 0.335 e. The van der Waals surface area contributed by atoms with Gasteiger partial charge in [0.1, 0.15) is 11.7 Å². The molecule has 1 fully saturated rings. The zero-order valence-electron chi connectivity index (χ0n) is 13.0. The third-order valence-electron chi connectivity index (χ3n) is 4.44. The third kappa shape index (κ3) is 3.59. The number of H-pyrrole nitrogens is 1. The van der Waals surface area contributed by atoms with Crippen LogP contribution in [0, 0.1) is 17.2 Å². The van der Waals surface area contributed by atoms with Crippen LogP contribution in [0.4, 0.5) is 0 Å². The van der Waals surface area contributed by atoms with Gasteiger partial charge in [0, 0.05) is 5.56 Å². The summed E-state index contributed by atoms with van der Waals surface area (Å²) >= 11 is 0. The van der Waals surface area contributed by atoms with E-state index >= 15 is 0 Å². The molecular formula is C18H20N4O. The highest BCUT2D eigenvalue weighted by Gasteiger charge is 2.25. The SMILES string of the molecule is N#CC(NC(=O)c1cc(-c2ccccc2)n[nH]1)C1CCCCC1. The molecule has 1 unspecified atom stereocenters. The van der Waals surface area contributed by atoms with E-state index in [0.29, 0.717) is 5.69 Å². The maximum absolute atomic E-state index is 12.4. The van der Waals surface area contributed by atoms with E-state index < -0.39 is 6.04 Å². The summed E-state index contributed by atoms with van der Waals surface area (Å²) in [6.07, 6.45) is 5.53. The number of aromatic amines is 1. The van der Waals surface area contributed by atoms with Crippen LogP contribution >= 0.6 is 0 Å². The van der Waals surface area contributed by atoms with Crippen LogP contribution < -0.4 is 5.32 Å². The molecule has 0 spiro atoms.